The molecule has 0 N–H and O–H groups in total. The molecule has 0 bridgehead atoms. The van der Waals surface area contributed by atoms with Crippen LogP contribution in [-0.4, -0.2) is 61.4 Å². The first-order valence-electron chi connectivity index (χ1n) is 7.62. The summed E-state index contributed by atoms with van der Waals surface area (Å²) in [5.74, 6) is -0.0496. The Morgan fingerprint density at radius 1 is 1.36 bits per heavy atom. The lowest BCUT2D eigenvalue weighted by atomic mass is 10.1. The van der Waals surface area contributed by atoms with E-state index in [1.165, 1.54) is 6.92 Å². The summed E-state index contributed by atoms with van der Waals surface area (Å²) in [6.45, 7) is 10.9. The minimum atomic E-state index is -0.528. The average molecular weight is 313 g/mol. The second kappa shape index (κ2) is 8.29. The fourth-order valence-electron chi connectivity index (χ4n) is 1.97. The van der Waals surface area contributed by atoms with Crippen molar-refractivity contribution in [2.24, 2.45) is 0 Å². The summed E-state index contributed by atoms with van der Waals surface area (Å²) in [6.07, 6.45) is 1.07. The van der Waals surface area contributed by atoms with Crippen LogP contribution in [0, 0.1) is 0 Å². The molecule has 0 aromatic carbocycles. The van der Waals surface area contributed by atoms with Crippen LogP contribution in [0.2, 0.25) is 0 Å². The van der Waals surface area contributed by atoms with Crippen LogP contribution in [0.25, 0.3) is 0 Å². The van der Waals surface area contributed by atoms with Crippen molar-refractivity contribution in [1.29, 1.82) is 0 Å². The van der Waals surface area contributed by atoms with Crippen LogP contribution in [0.4, 0.5) is 4.79 Å². The monoisotopic (exact) mass is 313 g/mol. The lowest BCUT2D eigenvalue weighted by molar-refractivity contribution is -0.114. The van der Waals surface area contributed by atoms with Crippen molar-refractivity contribution in [1.82, 2.24) is 4.90 Å². The minimum Gasteiger partial charge on any atom is -0.444 e. The number of ether oxygens (including phenoxy) is 3. The van der Waals surface area contributed by atoms with E-state index in [0.29, 0.717) is 31.9 Å². The summed E-state index contributed by atoms with van der Waals surface area (Å²) in [5.41, 5.74) is 0.0399. The Hall–Kier alpha value is -1.40. The van der Waals surface area contributed by atoms with Gasteiger partial charge in [-0.1, -0.05) is 0 Å². The molecular formula is C16H27NO5. The van der Waals surface area contributed by atoms with Gasteiger partial charge >= 0.3 is 6.09 Å². The normalized spacial score (nSPS) is 20.0. The zero-order valence-corrected chi connectivity index (χ0v) is 14.2. The van der Waals surface area contributed by atoms with Gasteiger partial charge in [-0.3, -0.25) is 4.79 Å². The molecule has 126 valence electrons. The number of amides is 1. The van der Waals surface area contributed by atoms with Gasteiger partial charge in [0.2, 0.25) is 0 Å². The van der Waals surface area contributed by atoms with E-state index < -0.39 is 5.60 Å². The topological polar surface area (TPSA) is 65.1 Å². The molecular weight excluding hydrogens is 286 g/mol. The van der Waals surface area contributed by atoms with E-state index >= 15 is 0 Å². The first-order valence-corrected chi connectivity index (χ1v) is 7.62. The number of hydrogen-bond acceptors (Lipinski definition) is 5. The molecule has 0 saturated carbocycles. The van der Waals surface area contributed by atoms with E-state index in [1.807, 2.05) is 27.7 Å². The summed E-state index contributed by atoms with van der Waals surface area (Å²) in [4.78, 5) is 25.3. The smallest absolute Gasteiger partial charge is 0.410 e. The second-order valence-electron chi connectivity index (χ2n) is 6.22. The van der Waals surface area contributed by atoms with E-state index in [4.69, 9.17) is 14.2 Å². The summed E-state index contributed by atoms with van der Waals surface area (Å²) < 4.78 is 16.3. The maximum absolute atomic E-state index is 12.1. The zero-order chi connectivity index (χ0) is 16.8. The molecule has 1 rings (SSSR count). The van der Waals surface area contributed by atoms with Crippen LogP contribution in [0.1, 0.15) is 34.6 Å². The van der Waals surface area contributed by atoms with Crippen LogP contribution in [-0.2, 0) is 19.0 Å². The fourth-order valence-corrected chi connectivity index (χ4v) is 1.97. The molecule has 1 amide bonds. The number of carbonyl (C=O) groups excluding carboxylic acids is 2. The third-order valence-electron chi connectivity index (χ3n) is 3.05. The number of rotatable bonds is 5. The maximum Gasteiger partial charge on any atom is 0.410 e. The highest BCUT2D eigenvalue weighted by molar-refractivity contribution is 5.93. The number of hydrogen-bond donors (Lipinski definition) is 0. The third-order valence-corrected chi connectivity index (χ3v) is 3.05. The predicted octanol–water partition coefficient (Wildman–Crippen LogP) is 2.17. The molecule has 1 saturated heterocycles. The molecule has 1 fully saturated rings. The van der Waals surface area contributed by atoms with E-state index in [0.717, 1.165) is 0 Å². The van der Waals surface area contributed by atoms with E-state index in [2.05, 4.69) is 0 Å². The summed E-state index contributed by atoms with van der Waals surface area (Å²) in [5, 5.41) is 0. The fraction of sp³-hybridized carbons (Fsp3) is 0.750. The van der Waals surface area contributed by atoms with Crippen LogP contribution in [0.3, 0.4) is 0 Å². The van der Waals surface area contributed by atoms with Gasteiger partial charge in [0.05, 0.1) is 25.9 Å². The van der Waals surface area contributed by atoms with Gasteiger partial charge in [-0.15, -0.1) is 0 Å². The van der Waals surface area contributed by atoms with Crippen molar-refractivity contribution < 1.29 is 23.8 Å². The van der Waals surface area contributed by atoms with Crippen molar-refractivity contribution >= 4 is 11.9 Å². The van der Waals surface area contributed by atoms with Gasteiger partial charge in [0.15, 0.2) is 5.78 Å². The van der Waals surface area contributed by atoms with Gasteiger partial charge < -0.3 is 19.1 Å². The molecule has 0 aromatic rings. The molecule has 1 atom stereocenters. The van der Waals surface area contributed by atoms with Gasteiger partial charge in [-0.2, -0.15) is 0 Å². The van der Waals surface area contributed by atoms with E-state index in [1.54, 1.807) is 11.0 Å². The van der Waals surface area contributed by atoms with Crippen molar-refractivity contribution in [3.05, 3.63) is 11.6 Å². The number of carbonyl (C=O) groups is 2. The van der Waals surface area contributed by atoms with Crippen molar-refractivity contribution in [2.45, 2.75) is 46.3 Å². The van der Waals surface area contributed by atoms with E-state index in [9.17, 15) is 9.59 Å². The highest BCUT2D eigenvalue weighted by Crippen LogP contribution is 2.14. The Morgan fingerprint density at radius 3 is 2.59 bits per heavy atom. The first kappa shape index (κ1) is 18.6. The van der Waals surface area contributed by atoms with Gasteiger partial charge in [0.25, 0.3) is 0 Å². The molecule has 6 heteroatoms. The largest absolute Gasteiger partial charge is 0.444 e. The third kappa shape index (κ3) is 6.58. The van der Waals surface area contributed by atoms with Gasteiger partial charge in [0, 0.05) is 18.7 Å². The van der Waals surface area contributed by atoms with Gasteiger partial charge in [-0.05, 0) is 40.7 Å². The lowest BCUT2D eigenvalue weighted by Gasteiger charge is -2.33. The van der Waals surface area contributed by atoms with Crippen LogP contribution in [0.15, 0.2) is 11.6 Å². The summed E-state index contributed by atoms with van der Waals surface area (Å²) in [6, 6.07) is 0. The number of nitrogens with zero attached hydrogens (tertiary/aromatic N) is 1. The predicted molar refractivity (Wildman–Crippen MR) is 82.8 cm³/mol. The van der Waals surface area contributed by atoms with Crippen LogP contribution >= 0.6 is 0 Å². The minimum absolute atomic E-state index is 0.0496. The molecule has 1 aliphatic rings. The first-order chi connectivity index (χ1) is 10.2. The van der Waals surface area contributed by atoms with Crippen molar-refractivity contribution in [3.8, 4) is 0 Å². The second-order valence-corrected chi connectivity index (χ2v) is 6.22. The lowest BCUT2D eigenvalue weighted by Crippen LogP contribution is -2.47. The molecule has 0 unspecified atom stereocenters. The number of ketones is 1. The molecule has 0 radical (unpaired) electrons. The van der Waals surface area contributed by atoms with Crippen LogP contribution < -0.4 is 0 Å². The molecule has 1 aliphatic heterocycles. The summed E-state index contributed by atoms with van der Waals surface area (Å²) >= 11 is 0. The van der Waals surface area contributed by atoms with E-state index in [-0.39, 0.29) is 24.6 Å². The number of Topliss-reactive ketones (excluding diaryl/α,β-unsaturated/α-hetero) is 1. The Kier molecular flexibility index (Phi) is 7.03. The van der Waals surface area contributed by atoms with Crippen LogP contribution in [0.5, 0.6) is 0 Å². The van der Waals surface area contributed by atoms with Crippen molar-refractivity contribution in [2.75, 3.05) is 32.9 Å². The van der Waals surface area contributed by atoms with Gasteiger partial charge in [-0.25, -0.2) is 4.79 Å². The Labute approximate surface area is 132 Å². The quantitative estimate of drug-likeness (QED) is 0.728. The molecule has 0 aliphatic carbocycles. The molecule has 1 heterocycles. The Bertz CT molecular complexity index is 425. The number of morpholine rings is 1. The standard InChI is InChI=1S/C16H27NO5/c1-6-20-11-13(12(2)18)9-14-10-17(7-8-21-14)15(19)22-16(3,4)5/h9,14H,6-8,10-11H2,1-5H3/b13-9-/t14-/m0/s1. The summed E-state index contributed by atoms with van der Waals surface area (Å²) in [7, 11) is 0. The Morgan fingerprint density at radius 2 is 2.05 bits per heavy atom. The molecule has 6 nitrogen and oxygen atoms in total. The Balaban J connectivity index is 2.68. The van der Waals surface area contributed by atoms with Crippen molar-refractivity contribution in [3.63, 3.8) is 0 Å². The average Bonchev–Trinajstić information content (AvgIpc) is 2.41. The van der Waals surface area contributed by atoms with Gasteiger partial charge in [0.1, 0.15) is 5.60 Å². The molecule has 0 aromatic heterocycles. The SMILES string of the molecule is CCOC/C(=C/[C@H]1CN(C(=O)OC(C)(C)C)CCO1)C(C)=O. The molecule has 0 spiro atoms. The highest BCUT2D eigenvalue weighted by atomic mass is 16.6. The zero-order valence-electron chi connectivity index (χ0n) is 14.2. The highest BCUT2D eigenvalue weighted by Gasteiger charge is 2.27. The molecule has 22 heavy (non-hydrogen) atoms. The maximum atomic E-state index is 12.1.